The quantitative estimate of drug-likeness (QED) is 0.662. The van der Waals surface area contributed by atoms with Crippen molar-refractivity contribution < 1.29 is 18.3 Å². The van der Waals surface area contributed by atoms with Crippen LogP contribution in [0, 0.1) is 5.82 Å². The third-order valence-corrected chi connectivity index (χ3v) is 5.44. The van der Waals surface area contributed by atoms with Gasteiger partial charge in [0, 0.05) is 17.1 Å². The molecule has 0 saturated carbocycles. The zero-order chi connectivity index (χ0) is 18.1. The van der Waals surface area contributed by atoms with Crippen molar-refractivity contribution in [2.75, 3.05) is 19.7 Å². The van der Waals surface area contributed by atoms with E-state index in [1.54, 1.807) is 35.6 Å². The van der Waals surface area contributed by atoms with Crippen LogP contribution in [-0.2, 0) is 4.74 Å². The molecule has 1 saturated heterocycles. The fourth-order valence-corrected chi connectivity index (χ4v) is 3.97. The van der Waals surface area contributed by atoms with Crippen LogP contribution < -0.4 is 0 Å². The first kappa shape index (κ1) is 17.2. The van der Waals surface area contributed by atoms with Crippen LogP contribution in [0.25, 0.3) is 10.8 Å². The summed E-state index contributed by atoms with van der Waals surface area (Å²) in [6, 6.07) is 7.76. The van der Waals surface area contributed by atoms with Gasteiger partial charge < -0.3 is 14.1 Å². The van der Waals surface area contributed by atoms with E-state index in [9.17, 15) is 9.18 Å². The van der Waals surface area contributed by atoms with Crippen LogP contribution in [0.15, 0.2) is 47.2 Å². The second-order valence-electron chi connectivity index (χ2n) is 5.78. The van der Waals surface area contributed by atoms with E-state index in [0.29, 0.717) is 45.9 Å². The second kappa shape index (κ2) is 7.19. The number of morpholine rings is 1. The van der Waals surface area contributed by atoms with Gasteiger partial charge in [-0.2, -0.15) is 0 Å². The van der Waals surface area contributed by atoms with Gasteiger partial charge in [-0.25, -0.2) is 9.37 Å². The van der Waals surface area contributed by atoms with Gasteiger partial charge in [-0.15, -0.1) is 11.3 Å². The van der Waals surface area contributed by atoms with Crippen molar-refractivity contribution in [3.63, 3.8) is 0 Å². The number of rotatable bonds is 3. The fourth-order valence-electron chi connectivity index (χ4n) is 2.83. The zero-order valence-corrected chi connectivity index (χ0v) is 15.1. The summed E-state index contributed by atoms with van der Waals surface area (Å²) >= 11 is 7.41. The fraction of sp³-hybridized carbons (Fsp3) is 0.222. The second-order valence-corrected chi connectivity index (χ2v) is 7.22. The maximum absolute atomic E-state index is 13.3. The predicted octanol–water partition coefficient (Wildman–Crippen LogP) is 4.41. The molecule has 2 aromatic heterocycles. The third-order valence-electron chi connectivity index (χ3n) is 4.11. The first-order chi connectivity index (χ1) is 12.6. The number of amides is 1. The molecule has 4 rings (SSSR count). The van der Waals surface area contributed by atoms with Gasteiger partial charge in [0.15, 0.2) is 10.8 Å². The van der Waals surface area contributed by atoms with Crippen LogP contribution in [0.3, 0.4) is 0 Å². The number of nitrogens with zero attached hydrogens (tertiary/aromatic N) is 2. The summed E-state index contributed by atoms with van der Waals surface area (Å²) in [5, 5.41) is 0.951. The maximum Gasteiger partial charge on any atom is 0.265 e. The Kier molecular flexibility index (Phi) is 4.76. The Labute approximate surface area is 158 Å². The Hall–Kier alpha value is -2.22. The summed E-state index contributed by atoms with van der Waals surface area (Å²) in [5.74, 6) is 0.108. The van der Waals surface area contributed by atoms with Crippen molar-refractivity contribution in [2.45, 2.75) is 6.10 Å². The molecule has 26 heavy (non-hydrogen) atoms. The highest BCUT2D eigenvalue weighted by Crippen LogP contribution is 2.31. The highest BCUT2D eigenvalue weighted by molar-refractivity contribution is 7.16. The summed E-state index contributed by atoms with van der Waals surface area (Å²) in [6.45, 7) is 1.20. The Bertz CT molecular complexity index is 928. The molecule has 0 radical (unpaired) electrons. The van der Waals surface area contributed by atoms with E-state index in [1.165, 1.54) is 23.5 Å². The topological polar surface area (TPSA) is 55.6 Å². The molecule has 1 unspecified atom stereocenters. The van der Waals surface area contributed by atoms with E-state index in [-0.39, 0.29) is 5.91 Å². The van der Waals surface area contributed by atoms with Crippen molar-refractivity contribution in [2.24, 2.45) is 0 Å². The van der Waals surface area contributed by atoms with Crippen molar-refractivity contribution >= 4 is 28.8 Å². The van der Waals surface area contributed by atoms with Gasteiger partial charge in [0.05, 0.1) is 25.6 Å². The number of carbonyl (C=O) groups excluding carboxylic acids is 1. The van der Waals surface area contributed by atoms with Crippen LogP contribution in [0.4, 0.5) is 4.39 Å². The SMILES string of the molecule is O=C(c1cnc(-c2ccco2)s1)N1CCOC(c2ccc(F)cc2Cl)C1. The molecule has 0 spiro atoms. The lowest BCUT2D eigenvalue weighted by atomic mass is 10.1. The molecule has 1 amide bonds. The summed E-state index contributed by atoms with van der Waals surface area (Å²) in [5.41, 5.74) is 0.672. The molecule has 134 valence electrons. The summed E-state index contributed by atoms with van der Waals surface area (Å²) in [7, 11) is 0. The molecule has 1 aliphatic rings. The average Bonchev–Trinajstić information content (AvgIpc) is 3.32. The molecule has 3 heterocycles. The lowest BCUT2D eigenvalue weighted by Crippen LogP contribution is -2.42. The van der Waals surface area contributed by atoms with E-state index in [1.807, 2.05) is 0 Å². The average molecular weight is 393 g/mol. The van der Waals surface area contributed by atoms with Crippen molar-refractivity contribution in [1.82, 2.24) is 9.88 Å². The number of ether oxygens (including phenoxy) is 1. The Morgan fingerprint density at radius 3 is 3.04 bits per heavy atom. The highest BCUT2D eigenvalue weighted by atomic mass is 35.5. The number of hydrogen-bond acceptors (Lipinski definition) is 5. The van der Waals surface area contributed by atoms with Gasteiger partial charge in [-0.05, 0) is 24.3 Å². The van der Waals surface area contributed by atoms with Gasteiger partial charge in [-0.3, -0.25) is 4.79 Å². The molecule has 5 nitrogen and oxygen atoms in total. The molecule has 1 aromatic carbocycles. The summed E-state index contributed by atoms with van der Waals surface area (Å²) in [6.07, 6.45) is 2.73. The zero-order valence-electron chi connectivity index (χ0n) is 13.5. The van der Waals surface area contributed by atoms with Gasteiger partial charge in [0.2, 0.25) is 0 Å². The maximum atomic E-state index is 13.3. The molecule has 3 aromatic rings. The number of aromatic nitrogens is 1. The summed E-state index contributed by atoms with van der Waals surface area (Å²) in [4.78, 5) is 19.3. The normalized spacial score (nSPS) is 17.5. The lowest BCUT2D eigenvalue weighted by molar-refractivity contribution is -0.0226. The van der Waals surface area contributed by atoms with Gasteiger partial charge in [0.1, 0.15) is 16.8 Å². The molecule has 1 atom stereocenters. The summed E-state index contributed by atoms with van der Waals surface area (Å²) < 4.78 is 24.3. The molecule has 1 aliphatic heterocycles. The molecular weight excluding hydrogens is 379 g/mol. The van der Waals surface area contributed by atoms with Crippen LogP contribution in [0.5, 0.6) is 0 Å². The minimum absolute atomic E-state index is 0.119. The van der Waals surface area contributed by atoms with E-state index in [4.69, 9.17) is 20.8 Å². The molecule has 0 N–H and O–H groups in total. The molecule has 8 heteroatoms. The van der Waals surface area contributed by atoms with E-state index in [0.717, 1.165) is 0 Å². The first-order valence-corrected chi connectivity index (χ1v) is 9.17. The number of hydrogen-bond donors (Lipinski definition) is 0. The van der Waals surface area contributed by atoms with Crippen LogP contribution in [0.1, 0.15) is 21.3 Å². The third kappa shape index (κ3) is 3.38. The number of furan rings is 1. The monoisotopic (exact) mass is 392 g/mol. The number of benzene rings is 1. The van der Waals surface area contributed by atoms with Crippen molar-refractivity contribution in [3.05, 3.63) is 64.1 Å². The molecule has 0 bridgehead atoms. The lowest BCUT2D eigenvalue weighted by Gasteiger charge is -2.33. The number of thiazole rings is 1. The van der Waals surface area contributed by atoms with Crippen molar-refractivity contribution in [1.29, 1.82) is 0 Å². The van der Waals surface area contributed by atoms with Crippen molar-refractivity contribution in [3.8, 4) is 10.8 Å². The van der Waals surface area contributed by atoms with E-state index >= 15 is 0 Å². The highest BCUT2D eigenvalue weighted by Gasteiger charge is 2.28. The molecule has 1 fully saturated rings. The van der Waals surface area contributed by atoms with E-state index < -0.39 is 11.9 Å². The number of halogens is 2. The first-order valence-electron chi connectivity index (χ1n) is 7.97. The minimum atomic E-state index is -0.405. The molecule has 0 aliphatic carbocycles. The largest absolute Gasteiger partial charge is 0.462 e. The predicted molar refractivity (Wildman–Crippen MR) is 95.8 cm³/mol. The van der Waals surface area contributed by atoms with E-state index in [2.05, 4.69) is 4.98 Å². The van der Waals surface area contributed by atoms with Crippen LogP contribution >= 0.6 is 22.9 Å². The Morgan fingerprint density at radius 2 is 2.27 bits per heavy atom. The standard InChI is InChI=1S/C18H14ClFN2O3S/c19-13-8-11(20)3-4-12(13)15-10-22(5-7-25-15)18(23)16-9-21-17(26-16)14-2-1-6-24-14/h1-4,6,8-9,15H,5,7,10H2. The Balaban J connectivity index is 1.51. The number of carbonyl (C=O) groups is 1. The van der Waals surface area contributed by atoms with Gasteiger partial charge >= 0.3 is 0 Å². The van der Waals surface area contributed by atoms with Gasteiger partial charge in [-0.1, -0.05) is 17.7 Å². The Morgan fingerprint density at radius 1 is 1.38 bits per heavy atom. The molecular formula is C18H14ClFN2O3S. The smallest absolute Gasteiger partial charge is 0.265 e. The van der Waals surface area contributed by atoms with Crippen LogP contribution in [-0.4, -0.2) is 35.5 Å². The van der Waals surface area contributed by atoms with Crippen LogP contribution in [0.2, 0.25) is 5.02 Å². The van der Waals surface area contributed by atoms with Gasteiger partial charge in [0.25, 0.3) is 5.91 Å². The minimum Gasteiger partial charge on any atom is -0.462 e.